The number of rotatable bonds is 10. The summed E-state index contributed by atoms with van der Waals surface area (Å²) in [5.41, 5.74) is 5.24. The molecule has 5 rings (SSSR count). The SMILES string of the molecule is CCCN(CCCN(C)C)C1=CC(Cc2sc3ccccc3[n+]2C)c2ccccc2N1c1ccccc1. The van der Waals surface area contributed by atoms with Crippen LogP contribution < -0.4 is 9.47 Å². The van der Waals surface area contributed by atoms with Crippen LogP contribution in [0, 0.1) is 0 Å². The van der Waals surface area contributed by atoms with E-state index in [1.807, 2.05) is 11.3 Å². The second kappa shape index (κ2) is 11.5. The van der Waals surface area contributed by atoms with Gasteiger partial charge >= 0.3 is 0 Å². The molecule has 0 amide bonds. The number of nitrogens with zero attached hydrogens (tertiary/aromatic N) is 4. The Labute approximate surface area is 226 Å². The molecule has 0 bridgehead atoms. The van der Waals surface area contributed by atoms with Gasteiger partial charge in [0.1, 0.15) is 17.6 Å². The minimum absolute atomic E-state index is 0.318. The number of fused-ring (bicyclic) bond motifs is 2. The van der Waals surface area contributed by atoms with Gasteiger partial charge in [-0.25, -0.2) is 0 Å². The molecule has 5 heteroatoms. The molecule has 2 heterocycles. The topological polar surface area (TPSA) is 13.6 Å². The van der Waals surface area contributed by atoms with Crippen molar-refractivity contribution in [2.45, 2.75) is 32.1 Å². The molecule has 0 fully saturated rings. The molecule has 4 aromatic rings. The van der Waals surface area contributed by atoms with Crippen LogP contribution in [0.3, 0.4) is 0 Å². The van der Waals surface area contributed by atoms with Crippen molar-refractivity contribution in [2.75, 3.05) is 38.6 Å². The lowest BCUT2D eigenvalue weighted by molar-refractivity contribution is -0.648. The molecule has 1 aromatic heterocycles. The average molecular weight is 512 g/mol. The lowest BCUT2D eigenvalue weighted by Gasteiger charge is -2.41. The van der Waals surface area contributed by atoms with Crippen LogP contribution >= 0.6 is 11.3 Å². The summed E-state index contributed by atoms with van der Waals surface area (Å²) in [6, 6.07) is 28.6. The third-order valence-electron chi connectivity index (χ3n) is 7.24. The minimum atomic E-state index is 0.318. The van der Waals surface area contributed by atoms with Gasteiger partial charge in [0.15, 0.2) is 0 Å². The molecule has 0 spiro atoms. The Morgan fingerprint density at radius 1 is 0.865 bits per heavy atom. The fourth-order valence-corrected chi connectivity index (χ4v) is 6.65. The van der Waals surface area contributed by atoms with Gasteiger partial charge in [-0.2, -0.15) is 4.57 Å². The second-order valence-electron chi connectivity index (χ2n) is 10.2. The first-order valence-corrected chi connectivity index (χ1v) is 14.3. The highest BCUT2D eigenvalue weighted by molar-refractivity contribution is 7.18. The molecule has 1 atom stereocenters. The summed E-state index contributed by atoms with van der Waals surface area (Å²) in [6.07, 6.45) is 5.81. The first-order valence-electron chi connectivity index (χ1n) is 13.5. The monoisotopic (exact) mass is 511 g/mol. The highest BCUT2D eigenvalue weighted by Gasteiger charge is 2.32. The molecule has 1 aliphatic heterocycles. The van der Waals surface area contributed by atoms with E-state index in [1.54, 1.807) is 0 Å². The predicted octanol–water partition coefficient (Wildman–Crippen LogP) is 6.71. The quantitative estimate of drug-likeness (QED) is 0.220. The molecule has 0 radical (unpaired) electrons. The van der Waals surface area contributed by atoms with Gasteiger partial charge in [-0.1, -0.05) is 66.8 Å². The number of allylic oxidation sites excluding steroid dienone is 1. The first kappa shape index (κ1) is 25.5. The third kappa shape index (κ3) is 5.43. The number of benzene rings is 3. The molecule has 37 heavy (non-hydrogen) atoms. The molecule has 1 aliphatic rings. The van der Waals surface area contributed by atoms with Gasteiger partial charge in [0.05, 0.1) is 12.1 Å². The van der Waals surface area contributed by atoms with Crippen LogP contribution in [0.5, 0.6) is 0 Å². The highest BCUT2D eigenvalue weighted by atomic mass is 32.1. The maximum atomic E-state index is 2.62. The molecule has 3 aromatic carbocycles. The van der Waals surface area contributed by atoms with E-state index in [4.69, 9.17) is 0 Å². The van der Waals surface area contributed by atoms with Gasteiger partial charge < -0.3 is 9.80 Å². The normalized spacial score (nSPS) is 15.2. The van der Waals surface area contributed by atoms with Gasteiger partial charge in [0.2, 0.25) is 10.5 Å². The van der Waals surface area contributed by atoms with E-state index >= 15 is 0 Å². The Hall–Kier alpha value is -3.15. The first-order chi connectivity index (χ1) is 18.1. The van der Waals surface area contributed by atoms with E-state index in [0.29, 0.717) is 5.92 Å². The van der Waals surface area contributed by atoms with Crippen LogP contribution in [-0.4, -0.2) is 43.5 Å². The van der Waals surface area contributed by atoms with Crippen molar-refractivity contribution in [3.05, 3.63) is 101 Å². The van der Waals surface area contributed by atoms with E-state index in [0.717, 1.165) is 38.9 Å². The van der Waals surface area contributed by atoms with E-state index in [-0.39, 0.29) is 0 Å². The van der Waals surface area contributed by atoms with Crippen molar-refractivity contribution in [1.29, 1.82) is 0 Å². The highest BCUT2D eigenvalue weighted by Crippen LogP contribution is 2.43. The van der Waals surface area contributed by atoms with Gasteiger partial charge in [-0.3, -0.25) is 4.90 Å². The van der Waals surface area contributed by atoms with Crippen LogP contribution in [0.4, 0.5) is 11.4 Å². The van der Waals surface area contributed by atoms with Gasteiger partial charge in [-0.15, -0.1) is 0 Å². The largest absolute Gasteiger partial charge is 0.358 e. The maximum Gasteiger partial charge on any atom is 0.239 e. The number of thiazole rings is 1. The van der Waals surface area contributed by atoms with Crippen LogP contribution in [0.15, 0.2) is 90.8 Å². The molecule has 0 saturated carbocycles. The summed E-state index contributed by atoms with van der Waals surface area (Å²) in [5.74, 6) is 1.64. The number of hydrogen-bond donors (Lipinski definition) is 0. The molecule has 1 unspecified atom stereocenters. The van der Waals surface area contributed by atoms with Gasteiger partial charge in [0.25, 0.3) is 0 Å². The Morgan fingerprint density at radius 2 is 1.59 bits per heavy atom. The van der Waals surface area contributed by atoms with E-state index in [1.165, 1.54) is 38.0 Å². The summed E-state index contributed by atoms with van der Waals surface area (Å²) in [7, 11) is 6.55. The Kier molecular flexibility index (Phi) is 7.92. The summed E-state index contributed by atoms with van der Waals surface area (Å²) >= 11 is 1.93. The van der Waals surface area contributed by atoms with Crippen molar-refractivity contribution >= 4 is 32.9 Å². The molecule has 4 nitrogen and oxygen atoms in total. The van der Waals surface area contributed by atoms with Crippen molar-refractivity contribution < 1.29 is 4.57 Å². The van der Waals surface area contributed by atoms with Crippen molar-refractivity contribution in [2.24, 2.45) is 7.05 Å². The molecule has 0 saturated heterocycles. The molecule has 192 valence electrons. The van der Waals surface area contributed by atoms with E-state index in [2.05, 4.69) is 132 Å². The van der Waals surface area contributed by atoms with Crippen LogP contribution in [0.25, 0.3) is 10.2 Å². The van der Waals surface area contributed by atoms with Crippen LogP contribution in [0.1, 0.15) is 36.3 Å². The zero-order valence-electron chi connectivity index (χ0n) is 22.6. The standard InChI is InChI=1S/C32H39N4S/c1-5-20-35(22-13-21-33(2)3)31-23-25(24-32-34(4)29-18-11-12-19-30(29)37-32)27-16-9-10-17-28(27)36(31)26-14-7-6-8-15-26/h6-12,14-19,23,25H,5,13,20-22,24H2,1-4H3/q+1. The lowest BCUT2D eigenvalue weighted by Crippen LogP contribution is -2.38. The summed E-state index contributed by atoms with van der Waals surface area (Å²) in [5, 5.41) is 1.42. The number of aromatic nitrogens is 1. The number of para-hydroxylation sites is 3. The van der Waals surface area contributed by atoms with E-state index < -0.39 is 0 Å². The summed E-state index contributed by atoms with van der Waals surface area (Å²) in [4.78, 5) is 7.39. The fraction of sp³-hybridized carbons (Fsp3) is 0.344. The third-order valence-corrected chi connectivity index (χ3v) is 8.49. The fourth-order valence-electron chi connectivity index (χ4n) is 5.44. The minimum Gasteiger partial charge on any atom is -0.358 e. The van der Waals surface area contributed by atoms with Gasteiger partial charge in [-0.05, 0) is 69.4 Å². The maximum absolute atomic E-state index is 2.62. The average Bonchev–Trinajstić information content (AvgIpc) is 3.23. The Balaban J connectivity index is 1.59. The number of aryl methyl sites for hydroxylation is 1. The van der Waals surface area contributed by atoms with E-state index in [9.17, 15) is 0 Å². The zero-order chi connectivity index (χ0) is 25.8. The van der Waals surface area contributed by atoms with Crippen LogP contribution in [-0.2, 0) is 13.5 Å². The molecule has 0 N–H and O–H groups in total. The zero-order valence-corrected chi connectivity index (χ0v) is 23.4. The molecule has 0 aliphatic carbocycles. The summed E-state index contributed by atoms with van der Waals surface area (Å²) in [6.45, 7) is 5.48. The van der Waals surface area contributed by atoms with Crippen molar-refractivity contribution in [1.82, 2.24) is 9.80 Å². The Morgan fingerprint density at radius 3 is 2.35 bits per heavy atom. The van der Waals surface area contributed by atoms with Crippen molar-refractivity contribution in [3.8, 4) is 0 Å². The van der Waals surface area contributed by atoms with Crippen LogP contribution in [0.2, 0.25) is 0 Å². The smallest absolute Gasteiger partial charge is 0.239 e. The lowest BCUT2D eigenvalue weighted by atomic mass is 9.90. The molecular formula is C32H39N4S+. The Bertz CT molecular complexity index is 1360. The number of anilines is 2. The van der Waals surface area contributed by atoms with Crippen molar-refractivity contribution in [3.63, 3.8) is 0 Å². The summed E-state index contributed by atoms with van der Waals surface area (Å²) < 4.78 is 3.75. The predicted molar refractivity (Wildman–Crippen MR) is 158 cm³/mol. The number of hydrogen-bond acceptors (Lipinski definition) is 4. The molecular weight excluding hydrogens is 472 g/mol. The second-order valence-corrected chi connectivity index (χ2v) is 11.3. The van der Waals surface area contributed by atoms with Gasteiger partial charge in [0, 0.05) is 30.8 Å².